The van der Waals surface area contributed by atoms with E-state index >= 15 is 0 Å². The van der Waals surface area contributed by atoms with Crippen LogP contribution in [-0.2, 0) is 9.53 Å². The minimum absolute atomic E-state index is 0.254. The van der Waals surface area contributed by atoms with Crippen molar-refractivity contribution in [2.45, 2.75) is 24.7 Å². The molecule has 2 aromatic rings. The van der Waals surface area contributed by atoms with E-state index < -0.39 is 11.9 Å². The Balaban J connectivity index is 2.00. The third-order valence-corrected chi connectivity index (χ3v) is 4.64. The van der Waals surface area contributed by atoms with Crippen molar-refractivity contribution >= 4 is 40.9 Å². The van der Waals surface area contributed by atoms with Crippen LogP contribution >= 0.6 is 23.4 Å². The van der Waals surface area contributed by atoms with Gasteiger partial charge in [0.25, 0.3) is 5.91 Å². The Morgan fingerprint density at radius 3 is 2.60 bits per heavy atom. The van der Waals surface area contributed by atoms with Crippen LogP contribution in [0.4, 0.5) is 5.69 Å². The van der Waals surface area contributed by atoms with Crippen molar-refractivity contribution in [3.8, 4) is 0 Å². The van der Waals surface area contributed by atoms with E-state index in [1.165, 1.54) is 11.8 Å². The first-order valence-corrected chi connectivity index (χ1v) is 9.42. The topological polar surface area (TPSA) is 55.4 Å². The molecule has 1 amide bonds. The summed E-state index contributed by atoms with van der Waals surface area (Å²) in [6.07, 6.45) is 1.90. The number of hydrogen-bond acceptors (Lipinski definition) is 4. The fourth-order valence-corrected chi connectivity index (χ4v) is 2.93. The molecule has 0 aromatic heterocycles. The van der Waals surface area contributed by atoms with Crippen LogP contribution in [0.5, 0.6) is 0 Å². The molecule has 0 fully saturated rings. The standard InChI is InChI=1S/C19H20ClNO3S/c1-12(2)14-6-4-5-7-17(14)21-18(22)11-24-19(23)15-10-13(25-3)8-9-16(15)20/h4-10,12H,11H2,1-3H3,(H,21,22). The van der Waals surface area contributed by atoms with E-state index in [4.69, 9.17) is 16.3 Å². The molecule has 25 heavy (non-hydrogen) atoms. The van der Waals surface area contributed by atoms with Crippen LogP contribution in [0.25, 0.3) is 0 Å². The number of amides is 1. The number of nitrogens with one attached hydrogen (secondary N) is 1. The van der Waals surface area contributed by atoms with Crippen LogP contribution in [0, 0.1) is 0 Å². The SMILES string of the molecule is CSc1ccc(Cl)c(C(=O)OCC(=O)Nc2ccccc2C(C)C)c1. The normalized spacial score (nSPS) is 10.6. The van der Waals surface area contributed by atoms with E-state index in [1.54, 1.807) is 12.1 Å². The maximum absolute atomic E-state index is 12.2. The first-order valence-electron chi connectivity index (χ1n) is 7.81. The lowest BCUT2D eigenvalue weighted by atomic mass is 10.0. The molecule has 2 rings (SSSR count). The van der Waals surface area contributed by atoms with Crippen molar-refractivity contribution in [3.05, 3.63) is 58.6 Å². The number of rotatable bonds is 6. The van der Waals surface area contributed by atoms with Gasteiger partial charge in [-0.15, -0.1) is 11.8 Å². The summed E-state index contributed by atoms with van der Waals surface area (Å²) in [5.41, 5.74) is 2.00. The summed E-state index contributed by atoms with van der Waals surface area (Å²) < 4.78 is 5.10. The van der Waals surface area contributed by atoms with E-state index in [-0.39, 0.29) is 18.1 Å². The lowest BCUT2D eigenvalue weighted by molar-refractivity contribution is -0.119. The second-order valence-corrected chi connectivity index (χ2v) is 7.00. The van der Waals surface area contributed by atoms with Crippen molar-refractivity contribution in [1.82, 2.24) is 0 Å². The van der Waals surface area contributed by atoms with Crippen molar-refractivity contribution in [2.24, 2.45) is 0 Å². The van der Waals surface area contributed by atoms with Crippen molar-refractivity contribution < 1.29 is 14.3 Å². The van der Waals surface area contributed by atoms with Gasteiger partial charge in [0.15, 0.2) is 6.61 Å². The molecule has 0 radical (unpaired) electrons. The monoisotopic (exact) mass is 377 g/mol. The highest BCUT2D eigenvalue weighted by Gasteiger charge is 2.15. The largest absolute Gasteiger partial charge is 0.452 e. The van der Waals surface area contributed by atoms with Gasteiger partial charge < -0.3 is 10.1 Å². The Morgan fingerprint density at radius 1 is 1.20 bits per heavy atom. The third-order valence-electron chi connectivity index (χ3n) is 3.58. The molecule has 6 heteroatoms. The van der Waals surface area contributed by atoms with Gasteiger partial charge in [0, 0.05) is 10.6 Å². The Bertz CT molecular complexity index is 777. The number of benzene rings is 2. The molecule has 4 nitrogen and oxygen atoms in total. The summed E-state index contributed by atoms with van der Waals surface area (Å²) >= 11 is 7.53. The number of thioether (sulfide) groups is 1. The second kappa shape index (κ2) is 8.92. The minimum Gasteiger partial charge on any atom is -0.452 e. The molecule has 0 heterocycles. The summed E-state index contributed by atoms with van der Waals surface area (Å²) in [5, 5.41) is 3.08. The van der Waals surface area contributed by atoms with Gasteiger partial charge in [0.1, 0.15) is 0 Å². The average molecular weight is 378 g/mol. The summed E-state index contributed by atoms with van der Waals surface area (Å²) in [7, 11) is 0. The molecule has 132 valence electrons. The predicted molar refractivity (Wildman–Crippen MR) is 103 cm³/mol. The van der Waals surface area contributed by atoms with Gasteiger partial charge >= 0.3 is 5.97 Å². The maximum Gasteiger partial charge on any atom is 0.340 e. The molecule has 0 bridgehead atoms. The minimum atomic E-state index is -0.617. The van der Waals surface area contributed by atoms with Gasteiger partial charge in [-0.1, -0.05) is 43.6 Å². The van der Waals surface area contributed by atoms with Crippen LogP contribution < -0.4 is 5.32 Å². The third kappa shape index (κ3) is 5.25. The van der Waals surface area contributed by atoms with Crippen LogP contribution in [0.1, 0.15) is 35.7 Å². The van der Waals surface area contributed by atoms with Crippen LogP contribution in [0.15, 0.2) is 47.4 Å². The van der Waals surface area contributed by atoms with Crippen molar-refractivity contribution in [2.75, 3.05) is 18.2 Å². The van der Waals surface area contributed by atoms with E-state index in [9.17, 15) is 9.59 Å². The van der Waals surface area contributed by atoms with Crippen LogP contribution in [-0.4, -0.2) is 24.7 Å². The Hall–Kier alpha value is -1.98. The molecule has 0 saturated carbocycles. The van der Waals surface area contributed by atoms with Gasteiger partial charge in [-0.05, 0) is 42.0 Å². The first kappa shape index (κ1) is 19.3. The number of para-hydroxylation sites is 1. The molecule has 0 unspecified atom stereocenters. The van der Waals surface area contributed by atoms with E-state index in [0.717, 1.165) is 16.1 Å². The molecule has 0 aliphatic heterocycles. The average Bonchev–Trinajstić information content (AvgIpc) is 2.60. The van der Waals surface area contributed by atoms with Crippen molar-refractivity contribution in [1.29, 1.82) is 0 Å². The quantitative estimate of drug-likeness (QED) is 0.569. The zero-order valence-electron chi connectivity index (χ0n) is 14.3. The second-order valence-electron chi connectivity index (χ2n) is 5.71. The number of carbonyl (C=O) groups is 2. The lowest BCUT2D eigenvalue weighted by Crippen LogP contribution is -2.21. The zero-order chi connectivity index (χ0) is 18.4. The molecule has 0 spiro atoms. The number of esters is 1. The summed E-state index contributed by atoms with van der Waals surface area (Å²) in [6, 6.07) is 12.7. The van der Waals surface area contributed by atoms with Crippen LogP contribution in [0.2, 0.25) is 5.02 Å². The summed E-state index contributed by atoms with van der Waals surface area (Å²) in [6.45, 7) is 3.72. The van der Waals surface area contributed by atoms with Gasteiger partial charge in [0.2, 0.25) is 0 Å². The zero-order valence-corrected chi connectivity index (χ0v) is 15.9. The number of ether oxygens (including phenoxy) is 1. The summed E-state index contributed by atoms with van der Waals surface area (Å²) in [5.74, 6) is -0.737. The fourth-order valence-electron chi connectivity index (χ4n) is 2.30. The molecule has 2 aromatic carbocycles. The van der Waals surface area contributed by atoms with Crippen molar-refractivity contribution in [3.63, 3.8) is 0 Å². The van der Waals surface area contributed by atoms with Gasteiger partial charge in [-0.2, -0.15) is 0 Å². The van der Waals surface area contributed by atoms with E-state index in [0.29, 0.717) is 5.02 Å². The molecule has 0 atom stereocenters. The number of carbonyl (C=O) groups excluding carboxylic acids is 2. The highest BCUT2D eigenvalue weighted by Crippen LogP contribution is 2.25. The first-order chi connectivity index (χ1) is 11.9. The molecular formula is C19H20ClNO3S. The smallest absolute Gasteiger partial charge is 0.340 e. The number of hydrogen-bond donors (Lipinski definition) is 1. The Morgan fingerprint density at radius 2 is 1.92 bits per heavy atom. The lowest BCUT2D eigenvalue weighted by Gasteiger charge is -2.13. The number of halogens is 1. The van der Waals surface area contributed by atoms with E-state index in [1.807, 2.05) is 50.4 Å². The van der Waals surface area contributed by atoms with Crippen LogP contribution in [0.3, 0.4) is 0 Å². The fraction of sp³-hybridized carbons (Fsp3) is 0.263. The van der Waals surface area contributed by atoms with Gasteiger partial charge in [0.05, 0.1) is 10.6 Å². The Labute approximate surface area is 156 Å². The summed E-state index contributed by atoms with van der Waals surface area (Å²) in [4.78, 5) is 25.2. The maximum atomic E-state index is 12.2. The predicted octanol–water partition coefficient (Wildman–Crippen LogP) is 4.98. The van der Waals surface area contributed by atoms with Gasteiger partial charge in [-0.25, -0.2) is 4.79 Å². The molecule has 1 N–H and O–H groups in total. The van der Waals surface area contributed by atoms with E-state index in [2.05, 4.69) is 5.32 Å². The highest BCUT2D eigenvalue weighted by molar-refractivity contribution is 7.98. The molecular weight excluding hydrogens is 358 g/mol. The van der Waals surface area contributed by atoms with Gasteiger partial charge in [-0.3, -0.25) is 4.79 Å². The molecule has 0 aliphatic carbocycles. The number of anilines is 1. The highest BCUT2D eigenvalue weighted by atomic mass is 35.5. The molecule has 0 saturated heterocycles. The Kier molecular flexibility index (Phi) is 6.91. The molecule has 0 aliphatic rings.